The van der Waals surface area contributed by atoms with E-state index in [9.17, 15) is 4.79 Å². The van der Waals surface area contributed by atoms with E-state index in [4.69, 9.17) is 4.42 Å². The summed E-state index contributed by atoms with van der Waals surface area (Å²) in [5, 5.41) is 13.4. The highest BCUT2D eigenvalue weighted by Gasteiger charge is 2.19. The number of hydrogen-bond acceptors (Lipinski definition) is 6. The molecule has 0 spiro atoms. The van der Waals surface area contributed by atoms with E-state index in [0.29, 0.717) is 10.9 Å². The number of carbonyl (C=O) groups excluding carboxylic acids is 1. The molecule has 0 saturated heterocycles. The number of nitrogens with one attached hydrogen (secondary N) is 1. The van der Waals surface area contributed by atoms with Gasteiger partial charge in [0.25, 0.3) is 5.91 Å². The fourth-order valence-corrected chi connectivity index (χ4v) is 3.92. The SMILES string of the molecule is CC(C)(C)c1ccc(-c2nnc(SCC(=O)N/N=C\c3ccco3)n2-c2ccccc2)cc1. The van der Waals surface area contributed by atoms with E-state index in [-0.39, 0.29) is 17.1 Å². The van der Waals surface area contributed by atoms with Crippen LogP contribution in [0.15, 0.2) is 87.7 Å². The number of rotatable bonds is 7. The fourth-order valence-electron chi connectivity index (χ4n) is 3.17. The maximum absolute atomic E-state index is 12.3. The molecular weight excluding hydrogens is 434 g/mol. The van der Waals surface area contributed by atoms with Crippen LogP contribution >= 0.6 is 11.8 Å². The lowest BCUT2D eigenvalue weighted by atomic mass is 9.87. The molecule has 4 rings (SSSR count). The Kier molecular flexibility index (Phi) is 6.74. The first-order chi connectivity index (χ1) is 15.9. The van der Waals surface area contributed by atoms with Gasteiger partial charge in [0.1, 0.15) is 5.76 Å². The first-order valence-electron chi connectivity index (χ1n) is 10.5. The Labute approximate surface area is 196 Å². The summed E-state index contributed by atoms with van der Waals surface area (Å²) in [5.41, 5.74) is 5.70. The monoisotopic (exact) mass is 459 g/mol. The molecule has 2 aromatic heterocycles. The predicted octanol–water partition coefficient (Wildman–Crippen LogP) is 5.07. The molecule has 1 N–H and O–H groups in total. The van der Waals surface area contributed by atoms with Crippen LogP contribution in [0.1, 0.15) is 32.1 Å². The maximum atomic E-state index is 12.3. The minimum atomic E-state index is -0.249. The molecule has 0 unspecified atom stereocenters. The highest BCUT2D eigenvalue weighted by Crippen LogP contribution is 2.30. The van der Waals surface area contributed by atoms with Crippen LogP contribution in [0.25, 0.3) is 17.1 Å². The van der Waals surface area contributed by atoms with Gasteiger partial charge in [-0.1, -0.05) is 75.0 Å². The molecule has 0 fully saturated rings. The Morgan fingerprint density at radius 1 is 1.06 bits per heavy atom. The molecule has 0 aliphatic carbocycles. The minimum absolute atomic E-state index is 0.0689. The number of hydrogen-bond donors (Lipinski definition) is 1. The van der Waals surface area contributed by atoms with Crippen molar-refractivity contribution in [3.8, 4) is 17.1 Å². The standard InChI is InChI=1S/C25H25N5O2S/c1-25(2,3)19-13-11-18(12-14-19)23-28-29-24(30(23)20-8-5-4-6-9-20)33-17-22(31)27-26-16-21-10-7-15-32-21/h4-16H,17H2,1-3H3,(H,27,31)/b26-16-. The zero-order chi connectivity index (χ0) is 23.3. The normalized spacial score (nSPS) is 11.7. The molecule has 1 amide bonds. The van der Waals surface area contributed by atoms with E-state index < -0.39 is 0 Å². The lowest BCUT2D eigenvalue weighted by Gasteiger charge is -2.19. The van der Waals surface area contributed by atoms with Gasteiger partial charge in [-0.3, -0.25) is 9.36 Å². The van der Waals surface area contributed by atoms with Crippen molar-refractivity contribution in [3.63, 3.8) is 0 Å². The zero-order valence-corrected chi connectivity index (χ0v) is 19.5. The van der Waals surface area contributed by atoms with E-state index in [1.807, 2.05) is 34.9 Å². The van der Waals surface area contributed by atoms with E-state index in [1.54, 1.807) is 18.4 Å². The molecular formula is C25H25N5O2S. The maximum Gasteiger partial charge on any atom is 0.250 e. The summed E-state index contributed by atoms with van der Waals surface area (Å²) in [6.45, 7) is 6.56. The Balaban J connectivity index is 1.55. The van der Waals surface area contributed by atoms with Crippen LogP contribution in [0, 0.1) is 0 Å². The van der Waals surface area contributed by atoms with Crippen molar-refractivity contribution in [2.45, 2.75) is 31.3 Å². The van der Waals surface area contributed by atoms with Crippen molar-refractivity contribution in [2.75, 3.05) is 5.75 Å². The molecule has 0 aliphatic rings. The lowest BCUT2D eigenvalue weighted by Crippen LogP contribution is -2.19. The van der Waals surface area contributed by atoms with Gasteiger partial charge in [-0.15, -0.1) is 10.2 Å². The van der Waals surface area contributed by atoms with Crippen molar-refractivity contribution in [3.05, 3.63) is 84.3 Å². The second kappa shape index (κ2) is 9.87. The second-order valence-corrected chi connectivity index (χ2v) is 9.34. The Morgan fingerprint density at radius 3 is 2.48 bits per heavy atom. The van der Waals surface area contributed by atoms with Crippen LogP contribution in [0.2, 0.25) is 0 Å². The third-order valence-electron chi connectivity index (χ3n) is 4.91. The zero-order valence-electron chi connectivity index (χ0n) is 18.7. The second-order valence-electron chi connectivity index (χ2n) is 8.40. The smallest absolute Gasteiger partial charge is 0.250 e. The quantitative estimate of drug-likeness (QED) is 0.237. The third kappa shape index (κ3) is 5.59. The van der Waals surface area contributed by atoms with Crippen molar-refractivity contribution in [1.82, 2.24) is 20.2 Å². The Bertz CT molecular complexity index is 1220. The molecule has 2 aromatic carbocycles. The van der Waals surface area contributed by atoms with Gasteiger partial charge in [0.05, 0.1) is 18.2 Å². The summed E-state index contributed by atoms with van der Waals surface area (Å²) < 4.78 is 7.12. The summed E-state index contributed by atoms with van der Waals surface area (Å²) >= 11 is 1.30. The molecule has 33 heavy (non-hydrogen) atoms. The molecule has 4 aromatic rings. The van der Waals surface area contributed by atoms with Gasteiger partial charge >= 0.3 is 0 Å². The summed E-state index contributed by atoms with van der Waals surface area (Å²) in [6.07, 6.45) is 3.00. The van der Waals surface area contributed by atoms with Gasteiger partial charge in [-0.25, -0.2) is 5.43 Å². The number of amides is 1. The molecule has 7 nitrogen and oxygen atoms in total. The molecule has 0 atom stereocenters. The predicted molar refractivity (Wildman–Crippen MR) is 131 cm³/mol. The number of carbonyl (C=O) groups is 1. The Morgan fingerprint density at radius 2 is 1.82 bits per heavy atom. The van der Waals surface area contributed by atoms with E-state index in [2.05, 4.69) is 65.8 Å². The molecule has 2 heterocycles. The number of para-hydroxylation sites is 1. The third-order valence-corrected chi connectivity index (χ3v) is 5.84. The van der Waals surface area contributed by atoms with Crippen LogP contribution in [-0.4, -0.2) is 32.6 Å². The van der Waals surface area contributed by atoms with Crippen molar-refractivity contribution in [1.29, 1.82) is 0 Å². The Hall–Kier alpha value is -3.65. The van der Waals surface area contributed by atoms with Crippen molar-refractivity contribution < 1.29 is 9.21 Å². The molecule has 0 bridgehead atoms. The van der Waals surface area contributed by atoms with Crippen molar-refractivity contribution >= 4 is 23.9 Å². The topological polar surface area (TPSA) is 85.3 Å². The average Bonchev–Trinajstić information content (AvgIpc) is 3.48. The van der Waals surface area contributed by atoms with Crippen LogP contribution < -0.4 is 5.43 Å². The first kappa shape index (κ1) is 22.5. The highest BCUT2D eigenvalue weighted by molar-refractivity contribution is 7.99. The van der Waals surface area contributed by atoms with Crippen molar-refractivity contribution in [2.24, 2.45) is 5.10 Å². The van der Waals surface area contributed by atoms with Gasteiger partial charge in [0.2, 0.25) is 0 Å². The largest absolute Gasteiger partial charge is 0.463 e. The van der Waals surface area contributed by atoms with Gasteiger partial charge in [0.15, 0.2) is 11.0 Å². The number of thioether (sulfide) groups is 1. The van der Waals surface area contributed by atoms with Crippen LogP contribution in [0.4, 0.5) is 0 Å². The van der Waals surface area contributed by atoms with E-state index >= 15 is 0 Å². The molecule has 0 radical (unpaired) electrons. The summed E-state index contributed by atoms with van der Waals surface area (Å²) in [5.74, 6) is 1.18. The highest BCUT2D eigenvalue weighted by atomic mass is 32.2. The van der Waals surface area contributed by atoms with Gasteiger partial charge in [-0.2, -0.15) is 5.10 Å². The molecule has 8 heteroatoms. The summed E-state index contributed by atoms with van der Waals surface area (Å²) in [7, 11) is 0. The number of nitrogens with zero attached hydrogens (tertiary/aromatic N) is 4. The van der Waals surface area contributed by atoms with Gasteiger partial charge in [-0.05, 0) is 35.2 Å². The van der Waals surface area contributed by atoms with Crippen LogP contribution in [-0.2, 0) is 10.2 Å². The number of furan rings is 1. The van der Waals surface area contributed by atoms with Gasteiger partial charge in [0, 0.05) is 11.3 Å². The molecule has 0 saturated carbocycles. The first-order valence-corrected chi connectivity index (χ1v) is 11.5. The molecule has 168 valence electrons. The minimum Gasteiger partial charge on any atom is -0.463 e. The molecule has 0 aliphatic heterocycles. The number of benzene rings is 2. The number of aromatic nitrogens is 3. The van der Waals surface area contributed by atoms with E-state index in [1.165, 1.54) is 23.5 Å². The number of hydrazone groups is 1. The van der Waals surface area contributed by atoms with Gasteiger partial charge < -0.3 is 4.42 Å². The van der Waals surface area contributed by atoms with Crippen LogP contribution in [0.5, 0.6) is 0 Å². The van der Waals surface area contributed by atoms with E-state index in [0.717, 1.165) is 17.1 Å². The fraction of sp³-hybridized carbons (Fsp3) is 0.200. The summed E-state index contributed by atoms with van der Waals surface area (Å²) in [6, 6.07) is 21.8. The average molecular weight is 460 g/mol. The summed E-state index contributed by atoms with van der Waals surface area (Å²) in [4.78, 5) is 12.3. The lowest BCUT2D eigenvalue weighted by molar-refractivity contribution is -0.118. The van der Waals surface area contributed by atoms with Crippen LogP contribution in [0.3, 0.4) is 0 Å².